The quantitative estimate of drug-likeness (QED) is 0.633. The first-order valence-electron chi connectivity index (χ1n) is 9.11. The molecule has 1 saturated carbocycles. The third kappa shape index (κ3) is 3.78. The van der Waals surface area contributed by atoms with Gasteiger partial charge in [-0.15, -0.1) is 16.4 Å². The summed E-state index contributed by atoms with van der Waals surface area (Å²) in [4.78, 5) is 20.4. The maximum Gasteiger partial charge on any atom is 0.293 e. The molecule has 1 aliphatic rings. The molecule has 0 N–H and O–H groups in total. The van der Waals surface area contributed by atoms with E-state index in [1.54, 1.807) is 16.8 Å². The molecule has 4 rings (SSSR count). The topological polar surface area (TPSA) is 51.0 Å². The number of amides is 1. The number of halogens is 1. The van der Waals surface area contributed by atoms with Crippen molar-refractivity contribution in [3.8, 4) is 16.4 Å². The van der Waals surface area contributed by atoms with Gasteiger partial charge in [-0.1, -0.05) is 6.07 Å². The third-order valence-electron chi connectivity index (χ3n) is 4.65. The van der Waals surface area contributed by atoms with Crippen molar-refractivity contribution >= 4 is 17.2 Å². The minimum atomic E-state index is -0.316. The molecule has 2 heterocycles. The van der Waals surface area contributed by atoms with Gasteiger partial charge in [0.05, 0.1) is 10.6 Å². The average molecular weight is 384 g/mol. The molecule has 0 unspecified atom stereocenters. The number of benzene rings is 1. The summed E-state index contributed by atoms with van der Waals surface area (Å²) in [6.07, 6.45) is 2.35. The molecule has 1 amide bonds. The SMILES string of the molecule is CC(C)N(CC1CC1)C(=O)c1nc(-c2cccs2)n(-c2ccc(F)cc2)n1. The summed E-state index contributed by atoms with van der Waals surface area (Å²) in [6.45, 7) is 4.77. The molecule has 0 radical (unpaired) electrons. The molecule has 5 nitrogen and oxygen atoms in total. The van der Waals surface area contributed by atoms with Crippen LogP contribution in [0.1, 0.15) is 37.3 Å². The molecule has 1 fully saturated rings. The summed E-state index contributed by atoms with van der Waals surface area (Å²) < 4.78 is 14.9. The van der Waals surface area contributed by atoms with Crippen LogP contribution < -0.4 is 0 Å². The molecule has 1 aliphatic carbocycles. The zero-order valence-electron chi connectivity index (χ0n) is 15.3. The molecule has 2 aromatic heterocycles. The first-order chi connectivity index (χ1) is 13.0. The van der Waals surface area contributed by atoms with E-state index in [1.165, 1.54) is 36.3 Å². The molecule has 1 aromatic carbocycles. The van der Waals surface area contributed by atoms with Crippen molar-refractivity contribution in [1.82, 2.24) is 19.7 Å². The number of nitrogens with zero attached hydrogens (tertiary/aromatic N) is 4. The van der Waals surface area contributed by atoms with Gasteiger partial charge in [-0.25, -0.2) is 14.1 Å². The number of thiophene rings is 1. The van der Waals surface area contributed by atoms with Crippen molar-refractivity contribution in [3.63, 3.8) is 0 Å². The van der Waals surface area contributed by atoms with Gasteiger partial charge in [0.25, 0.3) is 5.91 Å². The van der Waals surface area contributed by atoms with Gasteiger partial charge in [0, 0.05) is 12.6 Å². The summed E-state index contributed by atoms with van der Waals surface area (Å²) in [5, 5.41) is 6.45. The molecule has 0 saturated heterocycles. The van der Waals surface area contributed by atoms with Crippen molar-refractivity contribution < 1.29 is 9.18 Å². The number of hydrogen-bond donors (Lipinski definition) is 0. The Hall–Kier alpha value is -2.54. The molecular formula is C20H21FN4OS. The fourth-order valence-corrected chi connectivity index (χ4v) is 3.66. The molecule has 0 spiro atoms. The zero-order valence-corrected chi connectivity index (χ0v) is 16.1. The van der Waals surface area contributed by atoms with E-state index in [0.717, 1.165) is 11.4 Å². The fraction of sp³-hybridized carbons (Fsp3) is 0.350. The van der Waals surface area contributed by atoms with E-state index in [0.29, 0.717) is 17.4 Å². The monoisotopic (exact) mass is 384 g/mol. The Morgan fingerprint density at radius 2 is 2.04 bits per heavy atom. The Labute approximate surface area is 161 Å². The molecule has 0 atom stereocenters. The zero-order chi connectivity index (χ0) is 19.0. The van der Waals surface area contributed by atoms with Crippen LogP contribution in [-0.4, -0.2) is 38.2 Å². The van der Waals surface area contributed by atoms with Crippen LogP contribution in [0.2, 0.25) is 0 Å². The molecule has 3 aromatic rings. The number of hydrogen-bond acceptors (Lipinski definition) is 4. The summed E-state index contributed by atoms with van der Waals surface area (Å²) >= 11 is 1.53. The van der Waals surface area contributed by atoms with Gasteiger partial charge in [-0.05, 0) is 68.3 Å². The number of carbonyl (C=O) groups excluding carboxylic acids is 1. The Kier molecular flexibility index (Phi) is 4.78. The standard InChI is InChI=1S/C20H21FN4OS/c1-13(2)24(12-14-5-6-14)20(26)18-22-19(17-4-3-11-27-17)25(23-18)16-9-7-15(21)8-10-16/h3-4,7-11,13-14H,5-6,12H2,1-2H3. The van der Waals surface area contributed by atoms with Gasteiger partial charge in [0.2, 0.25) is 5.82 Å². The third-order valence-corrected chi connectivity index (χ3v) is 5.51. The fourth-order valence-electron chi connectivity index (χ4n) is 2.97. The van der Waals surface area contributed by atoms with Crippen molar-refractivity contribution in [2.45, 2.75) is 32.7 Å². The van der Waals surface area contributed by atoms with Crippen molar-refractivity contribution in [2.75, 3.05) is 6.54 Å². The highest BCUT2D eigenvalue weighted by Gasteiger charge is 2.31. The highest BCUT2D eigenvalue weighted by molar-refractivity contribution is 7.13. The largest absolute Gasteiger partial charge is 0.333 e. The lowest BCUT2D eigenvalue weighted by molar-refractivity contribution is 0.0683. The lowest BCUT2D eigenvalue weighted by Gasteiger charge is -2.25. The van der Waals surface area contributed by atoms with Crippen LogP contribution in [0, 0.1) is 11.7 Å². The summed E-state index contributed by atoms with van der Waals surface area (Å²) in [5.41, 5.74) is 0.671. The normalized spacial score (nSPS) is 13.9. The van der Waals surface area contributed by atoms with Gasteiger partial charge in [0.1, 0.15) is 5.82 Å². The van der Waals surface area contributed by atoms with E-state index in [-0.39, 0.29) is 23.6 Å². The highest BCUT2D eigenvalue weighted by Crippen LogP contribution is 2.31. The molecule has 7 heteroatoms. The first kappa shape index (κ1) is 17.9. The van der Waals surface area contributed by atoms with E-state index in [1.807, 2.05) is 36.3 Å². The van der Waals surface area contributed by atoms with E-state index >= 15 is 0 Å². The van der Waals surface area contributed by atoms with E-state index in [2.05, 4.69) is 10.1 Å². The van der Waals surface area contributed by atoms with E-state index in [4.69, 9.17) is 0 Å². The second-order valence-corrected chi connectivity index (χ2v) is 8.07. The first-order valence-corrected chi connectivity index (χ1v) is 9.98. The van der Waals surface area contributed by atoms with Crippen molar-refractivity contribution in [1.29, 1.82) is 0 Å². The van der Waals surface area contributed by atoms with Crippen molar-refractivity contribution in [2.24, 2.45) is 5.92 Å². The lowest BCUT2D eigenvalue weighted by Crippen LogP contribution is -2.39. The average Bonchev–Trinajstić information content (AvgIpc) is 3.13. The second-order valence-electron chi connectivity index (χ2n) is 7.12. The Morgan fingerprint density at radius 1 is 1.30 bits per heavy atom. The number of rotatable bonds is 6. The van der Waals surface area contributed by atoms with Crippen molar-refractivity contribution in [3.05, 3.63) is 53.4 Å². The van der Waals surface area contributed by atoms with Gasteiger partial charge < -0.3 is 4.90 Å². The summed E-state index contributed by atoms with van der Waals surface area (Å²) in [7, 11) is 0. The number of aromatic nitrogens is 3. The van der Waals surface area contributed by atoms with Crippen LogP contribution >= 0.6 is 11.3 Å². The second kappa shape index (κ2) is 7.23. The maximum absolute atomic E-state index is 13.3. The highest BCUT2D eigenvalue weighted by atomic mass is 32.1. The van der Waals surface area contributed by atoms with Crippen LogP contribution in [0.3, 0.4) is 0 Å². The summed E-state index contributed by atoms with van der Waals surface area (Å²) in [5.74, 6) is 0.887. The predicted molar refractivity (Wildman–Crippen MR) is 104 cm³/mol. The van der Waals surface area contributed by atoms with Gasteiger partial charge in [0.15, 0.2) is 5.82 Å². The lowest BCUT2D eigenvalue weighted by atomic mass is 10.2. The minimum Gasteiger partial charge on any atom is -0.333 e. The van der Waals surface area contributed by atoms with Gasteiger partial charge in [-0.3, -0.25) is 4.79 Å². The number of carbonyl (C=O) groups is 1. The Morgan fingerprint density at radius 3 is 2.63 bits per heavy atom. The van der Waals surface area contributed by atoms with Crippen LogP contribution in [-0.2, 0) is 0 Å². The van der Waals surface area contributed by atoms with Gasteiger partial charge in [-0.2, -0.15) is 0 Å². The Balaban J connectivity index is 1.74. The maximum atomic E-state index is 13.3. The van der Waals surface area contributed by atoms with Crippen LogP contribution in [0.5, 0.6) is 0 Å². The predicted octanol–water partition coefficient (Wildman–Crippen LogP) is 4.40. The minimum absolute atomic E-state index is 0.0843. The molecule has 140 valence electrons. The molecular weight excluding hydrogens is 363 g/mol. The molecule has 0 aliphatic heterocycles. The van der Waals surface area contributed by atoms with E-state index < -0.39 is 0 Å². The molecule has 27 heavy (non-hydrogen) atoms. The summed E-state index contributed by atoms with van der Waals surface area (Å²) in [6, 6.07) is 9.99. The van der Waals surface area contributed by atoms with Crippen LogP contribution in [0.4, 0.5) is 4.39 Å². The van der Waals surface area contributed by atoms with Crippen LogP contribution in [0.15, 0.2) is 41.8 Å². The van der Waals surface area contributed by atoms with Gasteiger partial charge >= 0.3 is 0 Å². The Bertz CT molecular complexity index is 930. The molecule has 0 bridgehead atoms. The smallest absolute Gasteiger partial charge is 0.293 e. The van der Waals surface area contributed by atoms with E-state index in [9.17, 15) is 9.18 Å². The van der Waals surface area contributed by atoms with Crippen LogP contribution in [0.25, 0.3) is 16.4 Å².